The maximum atomic E-state index is 4.60. The molecule has 94 valence electrons. The highest BCUT2D eigenvalue weighted by Gasteiger charge is 2.24. The van der Waals surface area contributed by atoms with Gasteiger partial charge in [-0.25, -0.2) is 9.97 Å². The highest BCUT2D eigenvalue weighted by atomic mass is 79.9. The van der Waals surface area contributed by atoms with Crippen molar-refractivity contribution in [2.75, 3.05) is 18.0 Å². The van der Waals surface area contributed by atoms with Crippen molar-refractivity contribution in [1.82, 2.24) is 15.0 Å². The van der Waals surface area contributed by atoms with Gasteiger partial charge in [-0.05, 0) is 24.5 Å². The molecule has 2 unspecified atom stereocenters. The number of anilines is 1. The van der Waals surface area contributed by atoms with Crippen molar-refractivity contribution in [2.45, 2.75) is 18.2 Å². The van der Waals surface area contributed by atoms with E-state index in [0.717, 1.165) is 36.5 Å². The number of aromatic nitrogens is 3. The summed E-state index contributed by atoms with van der Waals surface area (Å²) in [6, 6.07) is 4.04. The summed E-state index contributed by atoms with van der Waals surface area (Å²) in [4.78, 5) is 16.0. The fourth-order valence-corrected chi connectivity index (χ4v) is 2.72. The summed E-state index contributed by atoms with van der Waals surface area (Å²) in [5.74, 6) is 1.65. The molecule has 0 aliphatic carbocycles. The molecule has 2 aromatic heterocycles. The van der Waals surface area contributed by atoms with E-state index in [1.165, 1.54) is 0 Å². The van der Waals surface area contributed by atoms with Crippen molar-refractivity contribution >= 4 is 32.9 Å². The lowest BCUT2D eigenvalue weighted by molar-refractivity contribution is 0.464. The smallest absolute Gasteiger partial charge is 0.180 e. The number of alkyl halides is 1. The Morgan fingerprint density at radius 3 is 2.94 bits per heavy atom. The summed E-state index contributed by atoms with van der Waals surface area (Å²) in [5.41, 5.74) is 1.58. The van der Waals surface area contributed by atoms with Gasteiger partial charge in [0.15, 0.2) is 5.65 Å². The van der Waals surface area contributed by atoms with Crippen LogP contribution in [0.1, 0.15) is 13.3 Å². The third-order valence-corrected chi connectivity index (χ3v) is 4.80. The van der Waals surface area contributed by atoms with E-state index >= 15 is 0 Å². The van der Waals surface area contributed by atoms with Gasteiger partial charge in [0.05, 0.1) is 0 Å². The Labute approximate surface area is 115 Å². The lowest BCUT2D eigenvalue weighted by Crippen LogP contribution is -2.40. The van der Waals surface area contributed by atoms with Gasteiger partial charge in [-0.2, -0.15) is 0 Å². The Bertz CT molecular complexity index is 559. The molecule has 0 bridgehead atoms. The highest BCUT2D eigenvalue weighted by Crippen LogP contribution is 2.26. The minimum Gasteiger partial charge on any atom is -0.356 e. The zero-order valence-corrected chi connectivity index (χ0v) is 11.8. The number of fused-ring (bicyclic) bond motifs is 1. The maximum Gasteiger partial charge on any atom is 0.180 e. The fraction of sp³-hybridized carbons (Fsp3) is 0.462. The van der Waals surface area contributed by atoms with Crippen LogP contribution in [0.2, 0.25) is 0 Å². The molecule has 0 aromatic carbocycles. The van der Waals surface area contributed by atoms with Gasteiger partial charge in [0.1, 0.15) is 11.3 Å². The normalized spacial score (nSPS) is 24.4. The average Bonchev–Trinajstić information content (AvgIpc) is 2.41. The largest absolute Gasteiger partial charge is 0.356 e. The van der Waals surface area contributed by atoms with E-state index in [1.807, 2.05) is 12.1 Å². The summed E-state index contributed by atoms with van der Waals surface area (Å²) in [6.45, 7) is 4.35. The van der Waals surface area contributed by atoms with Crippen LogP contribution in [-0.2, 0) is 0 Å². The Morgan fingerprint density at radius 1 is 1.28 bits per heavy atom. The van der Waals surface area contributed by atoms with Crippen molar-refractivity contribution in [1.29, 1.82) is 0 Å². The second-order valence-electron chi connectivity index (χ2n) is 4.80. The van der Waals surface area contributed by atoms with E-state index in [-0.39, 0.29) is 0 Å². The molecule has 4 nitrogen and oxygen atoms in total. The van der Waals surface area contributed by atoms with Crippen molar-refractivity contribution in [3.8, 4) is 0 Å². The van der Waals surface area contributed by atoms with Crippen LogP contribution < -0.4 is 4.90 Å². The van der Waals surface area contributed by atoms with Crippen molar-refractivity contribution < 1.29 is 0 Å². The van der Waals surface area contributed by atoms with Gasteiger partial charge in [0.25, 0.3) is 0 Å². The Balaban J connectivity index is 1.90. The van der Waals surface area contributed by atoms with Gasteiger partial charge in [-0.15, -0.1) is 0 Å². The second-order valence-corrected chi connectivity index (χ2v) is 5.97. The minimum atomic E-state index is 0.619. The van der Waals surface area contributed by atoms with Gasteiger partial charge in [-0.3, -0.25) is 4.98 Å². The monoisotopic (exact) mass is 306 g/mol. The standard InChI is InChI=1S/C13H15BrN4/c1-9-8-18(7-4-10(9)14)12-3-2-11-13(17-12)16-6-5-15-11/h2-3,5-6,9-10H,4,7-8H2,1H3. The number of pyridine rings is 1. The maximum absolute atomic E-state index is 4.60. The van der Waals surface area contributed by atoms with Crippen LogP contribution in [0.25, 0.3) is 11.2 Å². The lowest BCUT2D eigenvalue weighted by atomic mass is 10.0. The SMILES string of the molecule is CC1CN(c2ccc3nccnc3n2)CCC1Br. The van der Waals surface area contributed by atoms with Gasteiger partial charge < -0.3 is 4.90 Å². The summed E-state index contributed by atoms with van der Waals surface area (Å²) < 4.78 is 0. The molecule has 2 atom stereocenters. The molecule has 0 radical (unpaired) electrons. The summed E-state index contributed by atoms with van der Waals surface area (Å²) in [6.07, 6.45) is 4.54. The number of rotatable bonds is 1. The van der Waals surface area contributed by atoms with Gasteiger partial charge >= 0.3 is 0 Å². The second kappa shape index (κ2) is 4.80. The fourth-order valence-electron chi connectivity index (χ4n) is 2.35. The van der Waals surface area contributed by atoms with Crippen LogP contribution in [-0.4, -0.2) is 32.9 Å². The van der Waals surface area contributed by atoms with Crippen LogP contribution in [0.15, 0.2) is 24.5 Å². The van der Waals surface area contributed by atoms with Crippen LogP contribution in [0.5, 0.6) is 0 Å². The van der Waals surface area contributed by atoms with Crippen LogP contribution >= 0.6 is 15.9 Å². The molecule has 1 saturated heterocycles. The Hall–Kier alpha value is -1.23. The minimum absolute atomic E-state index is 0.619. The molecule has 3 rings (SSSR count). The number of nitrogens with zero attached hydrogens (tertiary/aromatic N) is 4. The molecule has 2 aromatic rings. The predicted octanol–water partition coefficient (Wildman–Crippen LogP) is 2.63. The third kappa shape index (κ3) is 2.19. The first-order chi connectivity index (χ1) is 8.74. The predicted molar refractivity (Wildman–Crippen MR) is 76.0 cm³/mol. The summed E-state index contributed by atoms with van der Waals surface area (Å²) >= 11 is 3.72. The Kier molecular flexibility index (Phi) is 3.16. The molecule has 0 spiro atoms. The van der Waals surface area contributed by atoms with Gasteiger partial charge in [0, 0.05) is 30.3 Å². The molecular weight excluding hydrogens is 292 g/mol. The van der Waals surface area contributed by atoms with E-state index in [0.29, 0.717) is 10.7 Å². The van der Waals surface area contributed by atoms with Crippen molar-refractivity contribution in [2.24, 2.45) is 5.92 Å². The van der Waals surface area contributed by atoms with Crippen LogP contribution in [0.4, 0.5) is 5.82 Å². The first-order valence-corrected chi connectivity index (χ1v) is 7.12. The van der Waals surface area contributed by atoms with Crippen molar-refractivity contribution in [3.63, 3.8) is 0 Å². The summed E-state index contributed by atoms with van der Waals surface area (Å²) in [7, 11) is 0. The zero-order valence-electron chi connectivity index (χ0n) is 10.3. The van der Waals surface area contributed by atoms with E-state index in [9.17, 15) is 0 Å². The lowest BCUT2D eigenvalue weighted by Gasteiger charge is -2.35. The molecule has 1 fully saturated rings. The molecule has 0 saturated carbocycles. The molecule has 1 aliphatic heterocycles. The number of halogens is 1. The van der Waals surface area contributed by atoms with Crippen LogP contribution in [0.3, 0.4) is 0 Å². The highest BCUT2D eigenvalue weighted by molar-refractivity contribution is 9.09. The topological polar surface area (TPSA) is 41.9 Å². The van der Waals surface area contributed by atoms with E-state index in [1.54, 1.807) is 12.4 Å². The molecular formula is C13H15BrN4. The average molecular weight is 307 g/mol. The number of hydrogen-bond acceptors (Lipinski definition) is 4. The van der Waals surface area contributed by atoms with E-state index in [4.69, 9.17) is 0 Å². The quantitative estimate of drug-likeness (QED) is 0.760. The number of hydrogen-bond donors (Lipinski definition) is 0. The molecule has 1 aliphatic rings. The van der Waals surface area contributed by atoms with Gasteiger partial charge in [-0.1, -0.05) is 22.9 Å². The molecule has 0 N–H and O–H groups in total. The van der Waals surface area contributed by atoms with E-state index < -0.39 is 0 Å². The first kappa shape index (κ1) is 11.8. The Morgan fingerprint density at radius 2 is 2.11 bits per heavy atom. The van der Waals surface area contributed by atoms with Gasteiger partial charge in [0.2, 0.25) is 0 Å². The zero-order chi connectivity index (χ0) is 12.5. The molecule has 3 heterocycles. The molecule has 0 amide bonds. The first-order valence-electron chi connectivity index (χ1n) is 6.21. The molecule has 18 heavy (non-hydrogen) atoms. The van der Waals surface area contributed by atoms with Crippen LogP contribution in [0, 0.1) is 5.92 Å². The van der Waals surface area contributed by atoms with Crippen molar-refractivity contribution in [3.05, 3.63) is 24.5 Å². The molecule has 5 heteroatoms. The van der Waals surface area contributed by atoms with E-state index in [2.05, 4.69) is 42.7 Å². The summed E-state index contributed by atoms with van der Waals surface area (Å²) in [5, 5.41) is 0. The number of piperidine rings is 1. The third-order valence-electron chi connectivity index (χ3n) is 3.44.